The van der Waals surface area contributed by atoms with Gasteiger partial charge < -0.3 is 5.32 Å². The second-order valence-corrected chi connectivity index (χ2v) is 8.63. The number of hydrogen-bond acceptors (Lipinski definition) is 3. The number of rotatable bonds is 5. The molecule has 5 heteroatoms. The van der Waals surface area contributed by atoms with Crippen molar-refractivity contribution in [1.82, 2.24) is 10.8 Å². The molecule has 144 valence electrons. The van der Waals surface area contributed by atoms with Gasteiger partial charge in [-0.2, -0.15) is 0 Å². The van der Waals surface area contributed by atoms with Crippen molar-refractivity contribution in [3.8, 4) is 0 Å². The average molecular weight is 376 g/mol. The van der Waals surface area contributed by atoms with E-state index in [1.54, 1.807) is 17.6 Å². The molecule has 2 unspecified atom stereocenters. The standard InChI is InChI=1S/C23H24N2O3/c26-21(25-28)16-8-6-15(7-9-16)20(14-4-2-1-3-5-14)24-22(27)23-12-17-10-19(23)11-18(17)13-23/h1-9,17-20,28H,10-13H2,(H,24,27)(H,25,26)/t17?,18?,19?,20-,23?/m0/s1. The maximum Gasteiger partial charge on any atom is 0.274 e. The number of hydrogen-bond donors (Lipinski definition) is 3. The molecule has 3 atom stereocenters. The highest BCUT2D eigenvalue weighted by Crippen LogP contribution is 2.70. The number of carbonyl (C=O) groups is 2. The molecule has 6 rings (SSSR count). The van der Waals surface area contributed by atoms with Crippen LogP contribution in [-0.4, -0.2) is 17.0 Å². The predicted octanol–water partition coefficient (Wildman–Crippen LogP) is 3.45. The molecule has 5 nitrogen and oxygen atoms in total. The molecule has 2 aromatic carbocycles. The Morgan fingerprint density at radius 3 is 2.07 bits per heavy atom. The van der Waals surface area contributed by atoms with Crippen LogP contribution in [0.1, 0.15) is 53.2 Å². The van der Waals surface area contributed by atoms with Gasteiger partial charge in [-0.05, 0) is 66.7 Å². The average Bonchev–Trinajstić information content (AvgIpc) is 3.48. The van der Waals surface area contributed by atoms with Gasteiger partial charge in [-0.25, -0.2) is 5.48 Å². The number of hydroxylamine groups is 1. The molecule has 3 N–H and O–H groups in total. The summed E-state index contributed by atoms with van der Waals surface area (Å²) < 4.78 is 0. The van der Waals surface area contributed by atoms with Crippen molar-refractivity contribution < 1.29 is 14.8 Å². The van der Waals surface area contributed by atoms with E-state index in [4.69, 9.17) is 5.21 Å². The molecule has 0 spiro atoms. The lowest BCUT2D eigenvalue weighted by atomic mass is 9.79. The zero-order valence-corrected chi connectivity index (χ0v) is 15.6. The Morgan fingerprint density at radius 1 is 0.929 bits per heavy atom. The molecule has 0 saturated heterocycles. The summed E-state index contributed by atoms with van der Waals surface area (Å²) in [7, 11) is 0. The Bertz CT molecular complexity index is 895. The fourth-order valence-electron chi connectivity index (χ4n) is 6.06. The van der Waals surface area contributed by atoms with Gasteiger partial charge in [0.05, 0.1) is 11.5 Å². The fraction of sp³-hybridized carbons (Fsp3) is 0.391. The Hall–Kier alpha value is -2.66. The van der Waals surface area contributed by atoms with Gasteiger partial charge in [-0.1, -0.05) is 42.5 Å². The Kier molecular flexibility index (Phi) is 4.02. The topological polar surface area (TPSA) is 78.4 Å². The number of carbonyl (C=O) groups excluding carboxylic acids is 2. The summed E-state index contributed by atoms with van der Waals surface area (Å²) in [6.07, 6.45) is 4.54. The third kappa shape index (κ3) is 2.57. The van der Waals surface area contributed by atoms with Gasteiger partial charge in [-0.3, -0.25) is 14.8 Å². The first-order chi connectivity index (χ1) is 13.6. The summed E-state index contributed by atoms with van der Waals surface area (Å²) in [5, 5.41) is 12.2. The molecule has 0 heterocycles. The van der Waals surface area contributed by atoms with E-state index >= 15 is 0 Å². The monoisotopic (exact) mass is 376 g/mol. The minimum atomic E-state index is -0.548. The van der Waals surface area contributed by atoms with Crippen LogP contribution in [-0.2, 0) is 4.79 Å². The van der Waals surface area contributed by atoms with E-state index in [0.717, 1.165) is 35.8 Å². The molecule has 0 aromatic heterocycles. The van der Waals surface area contributed by atoms with E-state index in [-0.39, 0.29) is 17.4 Å². The molecule has 4 bridgehead atoms. The van der Waals surface area contributed by atoms with E-state index in [9.17, 15) is 9.59 Å². The minimum Gasteiger partial charge on any atom is -0.345 e. The number of amides is 2. The highest BCUT2D eigenvalue weighted by molar-refractivity contribution is 5.93. The molecular formula is C23H24N2O3. The minimum absolute atomic E-state index is 0.168. The lowest BCUT2D eigenvalue weighted by Gasteiger charge is -2.31. The fourth-order valence-corrected chi connectivity index (χ4v) is 6.06. The first-order valence-electron chi connectivity index (χ1n) is 10.0. The number of benzene rings is 2. The van der Waals surface area contributed by atoms with Gasteiger partial charge in [0.1, 0.15) is 0 Å². The smallest absolute Gasteiger partial charge is 0.274 e. The van der Waals surface area contributed by atoms with Crippen LogP contribution in [0.3, 0.4) is 0 Å². The van der Waals surface area contributed by atoms with Crippen LogP contribution >= 0.6 is 0 Å². The van der Waals surface area contributed by atoms with Gasteiger partial charge in [0.25, 0.3) is 5.91 Å². The molecular weight excluding hydrogens is 352 g/mol. The third-order valence-corrected chi connectivity index (χ3v) is 7.34. The summed E-state index contributed by atoms with van der Waals surface area (Å²) in [5.41, 5.74) is 3.80. The van der Waals surface area contributed by atoms with Crippen LogP contribution < -0.4 is 10.8 Å². The zero-order valence-electron chi connectivity index (χ0n) is 15.6. The van der Waals surface area contributed by atoms with Crippen molar-refractivity contribution in [2.75, 3.05) is 0 Å². The van der Waals surface area contributed by atoms with Crippen LogP contribution in [0.15, 0.2) is 54.6 Å². The van der Waals surface area contributed by atoms with E-state index in [1.807, 2.05) is 42.5 Å². The van der Waals surface area contributed by atoms with Gasteiger partial charge in [-0.15, -0.1) is 0 Å². The summed E-state index contributed by atoms with van der Waals surface area (Å²) in [6, 6.07) is 16.7. The molecule has 2 aromatic rings. The van der Waals surface area contributed by atoms with Gasteiger partial charge in [0, 0.05) is 5.56 Å². The maximum absolute atomic E-state index is 13.4. The molecule has 4 fully saturated rings. The quantitative estimate of drug-likeness (QED) is 0.552. The highest BCUT2D eigenvalue weighted by atomic mass is 16.5. The van der Waals surface area contributed by atoms with Crippen molar-refractivity contribution in [3.63, 3.8) is 0 Å². The molecule has 2 amide bonds. The molecule has 28 heavy (non-hydrogen) atoms. The van der Waals surface area contributed by atoms with Gasteiger partial charge in [0.2, 0.25) is 5.91 Å². The molecule has 0 radical (unpaired) electrons. The van der Waals surface area contributed by atoms with Crippen molar-refractivity contribution in [2.45, 2.75) is 31.7 Å². The third-order valence-electron chi connectivity index (χ3n) is 7.34. The van der Waals surface area contributed by atoms with Crippen molar-refractivity contribution in [2.24, 2.45) is 23.2 Å². The van der Waals surface area contributed by atoms with E-state index in [0.29, 0.717) is 11.5 Å². The van der Waals surface area contributed by atoms with Crippen molar-refractivity contribution in [3.05, 3.63) is 71.3 Å². The lowest BCUT2D eigenvalue weighted by Crippen LogP contribution is -2.42. The predicted molar refractivity (Wildman–Crippen MR) is 103 cm³/mol. The summed E-state index contributed by atoms with van der Waals surface area (Å²) >= 11 is 0. The first-order valence-corrected chi connectivity index (χ1v) is 10.0. The largest absolute Gasteiger partial charge is 0.345 e. The Balaban J connectivity index is 1.44. The van der Waals surface area contributed by atoms with E-state index < -0.39 is 5.91 Å². The lowest BCUT2D eigenvalue weighted by molar-refractivity contribution is -0.132. The molecule has 4 aliphatic carbocycles. The zero-order chi connectivity index (χ0) is 19.3. The van der Waals surface area contributed by atoms with Crippen LogP contribution in [0.2, 0.25) is 0 Å². The highest BCUT2D eigenvalue weighted by Gasteiger charge is 2.66. The van der Waals surface area contributed by atoms with E-state index in [1.165, 1.54) is 12.8 Å². The Labute approximate surface area is 164 Å². The summed E-state index contributed by atoms with van der Waals surface area (Å²) in [4.78, 5) is 25.0. The van der Waals surface area contributed by atoms with Crippen LogP contribution in [0.25, 0.3) is 0 Å². The van der Waals surface area contributed by atoms with Crippen LogP contribution in [0, 0.1) is 23.2 Å². The second kappa shape index (κ2) is 6.45. The van der Waals surface area contributed by atoms with Crippen molar-refractivity contribution in [1.29, 1.82) is 0 Å². The summed E-state index contributed by atoms with van der Waals surface area (Å²) in [5.74, 6) is 1.69. The molecule has 4 saturated carbocycles. The second-order valence-electron chi connectivity index (χ2n) is 8.63. The van der Waals surface area contributed by atoms with Crippen LogP contribution in [0.4, 0.5) is 0 Å². The number of nitrogens with one attached hydrogen (secondary N) is 2. The Morgan fingerprint density at radius 2 is 1.54 bits per heavy atom. The van der Waals surface area contributed by atoms with Crippen molar-refractivity contribution >= 4 is 11.8 Å². The molecule has 4 aliphatic rings. The molecule has 0 aliphatic heterocycles. The normalized spacial score (nSPS) is 30.4. The van der Waals surface area contributed by atoms with Gasteiger partial charge >= 0.3 is 0 Å². The maximum atomic E-state index is 13.4. The summed E-state index contributed by atoms with van der Waals surface area (Å²) in [6.45, 7) is 0. The SMILES string of the molecule is O=C(NO)c1ccc([C@@H](NC(=O)C23CC4CC2CC4C3)c2ccccc2)cc1. The van der Waals surface area contributed by atoms with Crippen LogP contribution in [0.5, 0.6) is 0 Å². The first kappa shape index (κ1) is 17.4. The van der Waals surface area contributed by atoms with Gasteiger partial charge in [0.15, 0.2) is 0 Å². The van der Waals surface area contributed by atoms with E-state index in [2.05, 4.69) is 5.32 Å².